The first kappa shape index (κ1) is 11.3. The first-order valence-electron chi connectivity index (χ1n) is 4.91. The number of pyridine rings is 1. The van der Waals surface area contributed by atoms with Crippen LogP contribution < -0.4 is 11.3 Å². The summed E-state index contributed by atoms with van der Waals surface area (Å²) < 4.78 is 14.4. The lowest BCUT2D eigenvalue weighted by Gasteiger charge is -2.10. The molecule has 0 spiro atoms. The van der Waals surface area contributed by atoms with Crippen LogP contribution in [-0.4, -0.2) is 4.98 Å². The van der Waals surface area contributed by atoms with Gasteiger partial charge >= 0.3 is 0 Å². The van der Waals surface area contributed by atoms with Crippen LogP contribution >= 0.6 is 15.9 Å². The van der Waals surface area contributed by atoms with Gasteiger partial charge in [0.1, 0.15) is 11.3 Å². The third-order valence-electron chi connectivity index (χ3n) is 2.43. The van der Waals surface area contributed by atoms with Crippen molar-refractivity contribution >= 4 is 32.5 Å². The monoisotopic (exact) mass is 283 g/mol. The smallest absolute Gasteiger partial charge is 0.149 e. The molecule has 0 saturated heterocycles. The number of aromatic nitrogens is 1. The fraction of sp³-hybridized carbons (Fsp3) is 0.182. The van der Waals surface area contributed by atoms with Gasteiger partial charge in [0.05, 0.1) is 5.69 Å². The largest absolute Gasteiger partial charge is 0.323 e. The van der Waals surface area contributed by atoms with Crippen LogP contribution in [0.25, 0.3) is 10.9 Å². The van der Waals surface area contributed by atoms with Crippen LogP contribution in [0.3, 0.4) is 0 Å². The van der Waals surface area contributed by atoms with Crippen LogP contribution in [0.4, 0.5) is 10.1 Å². The van der Waals surface area contributed by atoms with Gasteiger partial charge in [0, 0.05) is 15.6 Å². The molecule has 0 aliphatic rings. The Morgan fingerprint density at radius 3 is 2.88 bits per heavy atom. The summed E-state index contributed by atoms with van der Waals surface area (Å²) in [6.45, 7) is 1.96. The highest BCUT2D eigenvalue weighted by atomic mass is 79.9. The maximum absolute atomic E-state index is 13.6. The van der Waals surface area contributed by atoms with Crippen molar-refractivity contribution in [3.63, 3.8) is 0 Å². The van der Waals surface area contributed by atoms with Crippen molar-refractivity contribution < 1.29 is 4.39 Å². The first-order chi connectivity index (χ1) is 7.67. The number of halogens is 2. The number of aryl methyl sites for hydroxylation is 1. The summed E-state index contributed by atoms with van der Waals surface area (Å²) in [7, 11) is 0. The van der Waals surface area contributed by atoms with E-state index in [0.717, 1.165) is 16.6 Å². The van der Waals surface area contributed by atoms with Crippen LogP contribution in [0.15, 0.2) is 22.7 Å². The summed E-state index contributed by atoms with van der Waals surface area (Å²) in [5.41, 5.74) is 4.39. The molecule has 3 N–H and O–H groups in total. The number of hydrazine groups is 1. The second kappa shape index (κ2) is 4.35. The molecule has 1 aromatic heterocycles. The topological polar surface area (TPSA) is 50.9 Å². The molecule has 0 bridgehead atoms. The van der Waals surface area contributed by atoms with Crippen LogP contribution in [0.5, 0.6) is 0 Å². The lowest BCUT2D eigenvalue weighted by atomic mass is 10.1. The maximum Gasteiger partial charge on any atom is 0.149 e. The molecule has 0 unspecified atom stereocenters. The minimum absolute atomic E-state index is 0.335. The van der Waals surface area contributed by atoms with Gasteiger partial charge in [-0.15, -0.1) is 0 Å². The fourth-order valence-electron chi connectivity index (χ4n) is 1.62. The molecular formula is C11H11BrFN3. The van der Waals surface area contributed by atoms with Crippen LogP contribution in [0, 0.1) is 5.82 Å². The molecule has 16 heavy (non-hydrogen) atoms. The van der Waals surface area contributed by atoms with Crippen molar-refractivity contribution in [2.24, 2.45) is 5.84 Å². The third kappa shape index (κ3) is 1.76. The lowest BCUT2D eigenvalue weighted by molar-refractivity contribution is 0.636. The Hall–Kier alpha value is -1.20. The maximum atomic E-state index is 13.6. The molecule has 0 aliphatic heterocycles. The molecule has 0 radical (unpaired) electrons. The number of benzene rings is 1. The SMILES string of the molecule is CCc1cc(NN)c2c(Br)ccc(F)c2n1. The van der Waals surface area contributed by atoms with Crippen molar-refractivity contribution in [1.29, 1.82) is 0 Å². The van der Waals surface area contributed by atoms with E-state index in [4.69, 9.17) is 5.84 Å². The molecule has 0 amide bonds. The van der Waals surface area contributed by atoms with E-state index >= 15 is 0 Å². The summed E-state index contributed by atoms with van der Waals surface area (Å²) in [5.74, 6) is 5.09. The number of anilines is 1. The zero-order chi connectivity index (χ0) is 11.7. The summed E-state index contributed by atoms with van der Waals surface area (Å²) in [6, 6.07) is 4.86. The van der Waals surface area contributed by atoms with Gasteiger partial charge in [-0.25, -0.2) is 9.37 Å². The number of hydrogen-bond acceptors (Lipinski definition) is 3. The van der Waals surface area contributed by atoms with E-state index in [9.17, 15) is 4.39 Å². The second-order valence-corrected chi connectivity index (χ2v) is 4.27. The van der Waals surface area contributed by atoms with Crippen LogP contribution in [-0.2, 0) is 6.42 Å². The zero-order valence-corrected chi connectivity index (χ0v) is 10.3. The lowest BCUT2D eigenvalue weighted by Crippen LogP contribution is -2.09. The summed E-state index contributed by atoms with van der Waals surface area (Å²) in [4.78, 5) is 4.26. The van der Waals surface area contributed by atoms with Gasteiger partial charge in [0.15, 0.2) is 0 Å². The van der Waals surface area contributed by atoms with Crippen LogP contribution in [0.1, 0.15) is 12.6 Å². The normalized spacial score (nSPS) is 10.8. The Morgan fingerprint density at radius 1 is 1.50 bits per heavy atom. The quantitative estimate of drug-likeness (QED) is 0.658. The van der Waals surface area contributed by atoms with Gasteiger partial charge < -0.3 is 5.43 Å². The van der Waals surface area contributed by atoms with E-state index in [0.29, 0.717) is 16.6 Å². The molecule has 0 fully saturated rings. The van der Waals surface area contributed by atoms with Crippen molar-refractivity contribution in [1.82, 2.24) is 4.98 Å². The number of hydrogen-bond donors (Lipinski definition) is 2. The molecule has 5 heteroatoms. The third-order valence-corrected chi connectivity index (χ3v) is 3.09. The molecule has 0 aliphatic carbocycles. The predicted molar refractivity (Wildman–Crippen MR) is 66.6 cm³/mol. The highest BCUT2D eigenvalue weighted by Gasteiger charge is 2.11. The zero-order valence-electron chi connectivity index (χ0n) is 8.72. The van der Waals surface area contributed by atoms with Crippen molar-refractivity contribution in [3.05, 3.63) is 34.2 Å². The van der Waals surface area contributed by atoms with E-state index in [2.05, 4.69) is 26.3 Å². The summed E-state index contributed by atoms with van der Waals surface area (Å²) >= 11 is 3.37. The Labute approximate surface area is 101 Å². The number of rotatable bonds is 2. The van der Waals surface area contributed by atoms with Gasteiger partial charge in [-0.1, -0.05) is 22.9 Å². The molecule has 2 rings (SSSR count). The number of nitrogens with zero attached hydrogens (tertiary/aromatic N) is 1. The van der Waals surface area contributed by atoms with Crippen molar-refractivity contribution in [3.8, 4) is 0 Å². The van der Waals surface area contributed by atoms with E-state index in [1.54, 1.807) is 6.07 Å². The Kier molecular flexibility index (Phi) is 3.07. The fourth-order valence-corrected chi connectivity index (χ4v) is 2.15. The molecule has 0 saturated carbocycles. The van der Waals surface area contributed by atoms with Gasteiger partial charge in [-0.3, -0.25) is 5.84 Å². The standard InChI is InChI=1S/C11H11BrFN3/c1-2-6-5-9(16-14)10-7(12)3-4-8(13)11(10)15-6/h3-5H,2,14H2,1H3,(H,15,16). The van der Waals surface area contributed by atoms with Crippen LogP contribution in [0.2, 0.25) is 0 Å². The van der Waals surface area contributed by atoms with Gasteiger partial charge in [-0.2, -0.15) is 0 Å². The molecule has 3 nitrogen and oxygen atoms in total. The minimum Gasteiger partial charge on any atom is -0.323 e. The highest BCUT2D eigenvalue weighted by Crippen LogP contribution is 2.31. The van der Waals surface area contributed by atoms with Gasteiger partial charge in [-0.05, 0) is 24.6 Å². The van der Waals surface area contributed by atoms with Gasteiger partial charge in [0.2, 0.25) is 0 Å². The second-order valence-electron chi connectivity index (χ2n) is 3.41. The highest BCUT2D eigenvalue weighted by molar-refractivity contribution is 9.10. The molecule has 2 aromatic rings. The van der Waals surface area contributed by atoms with E-state index in [1.807, 2.05) is 13.0 Å². The summed E-state index contributed by atoms with van der Waals surface area (Å²) in [5, 5.41) is 0.666. The molecule has 1 heterocycles. The van der Waals surface area contributed by atoms with E-state index < -0.39 is 0 Å². The minimum atomic E-state index is -0.343. The number of fused-ring (bicyclic) bond motifs is 1. The number of nitrogen functional groups attached to an aromatic ring is 1. The Bertz CT molecular complexity index is 542. The molecular weight excluding hydrogens is 273 g/mol. The average molecular weight is 284 g/mol. The van der Waals surface area contributed by atoms with Gasteiger partial charge in [0.25, 0.3) is 0 Å². The average Bonchev–Trinajstić information content (AvgIpc) is 2.32. The predicted octanol–water partition coefficient (Wildman–Crippen LogP) is 2.98. The van der Waals surface area contributed by atoms with E-state index in [1.165, 1.54) is 6.07 Å². The first-order valence-corrected chi connectivity index (χ1v) is 5.71. The van der Waals surface area contributed by atoms with E-state index in [-0.39, 0.29) is 5.82 Å². The van der Waals surface area contributed by atoms with Crippen molar-refractivity contribution in [2.45, 2.75) is 13.3 Å². The Morgan fingerprint density at radius 2 is 2.25 bits per heavy atom. The number of nitrogens with one attached hydrogen (secondary N) is 1. The molecule has 0 atom stereocenters. The summed E-state index contributed by atoms with van der Waals surface area (Å²) in [6.07, 6.45) is 0.733. The van der Waals surface area contributed by atoms with Crippen molar-refractivity contribution in [2.75, 3.05) is 5.43 Å². The number of nitrogens with two attached hydrogens (primary N) is 1. The molecule has 1 aromatic carbocycles. The molecule has 84 valence electrons. The Balaban J connectivity index is 2.88.